The average molecular weight is 306 g/mol. The Bertz CT molecular complexity index is 512. The second-order valence-electron chi connectivity index (χ2n) is 4.67. The van der Waals surface area contributed by atoms with Crippen molar-refractivity contribution >= 4 is 15.9 Å². The van der Waals surface area contributed by atoms with Crippen molar-refractivity contribution in [3.05, 3.63) is 41.3 Å². The third kappa shape index (κ3) is 2.35. The van der Waals surface area contributed by atoms with Gasteiger partial charge >= 0.3 is 0 Å². The third-order valence-corrected chi connectivity index (χ3v) is 4.04. The van der Waals surface area contributed by atoms with E-state index in [1.54, 1.807) is 0 Å². The number of rotatable bonds is 2. The molecular weight excluding hydrogens is 290 g/mol. The van der Waals surface area contributed by atoms with Crippen molar-refractivity contribution in [2.75, 3.05) is 13.1 Å². The first-order valence-electron chi connectivity index (χ1n) is 6.33. The van der Waals surface area contributed by atoms with Crippen LogP contribution >= 0.6 is 15.9 Å². The van der Waals surface area contributed by atoms with Crippen LogP contribution in [-0.2, 0) is 0 Å². The van der Waals surface area contributed by atoms with Gasteiger partial charge in [-0.05, 0) is 43.6 Å². The topological polar surface area (TPSA) is 29.9 Å². The zero-order valence-corrected chi connectivity index (χ0v) is 11.7. The summed E-state index contributed by atoms with van der Waals surface area (Å²) in [6.07, 6.45) is 6.29. The summed E-state index contributed by atoms with van der Waals surface area (Å²) in [4.78, 5) is 4.33. The van der Waals surface area contributed by atoms with E-state index in [4.69, 9.17) is 0 Å². The Hall–Kier alpha value is -1.13. The fourth-order valence-electron chi connectivity index (χ4n) is 2.52. The SMILES string of the molecule is Brc1ccc(-c2cncn2C2CCNCC2)cc1. The first kappa shape index (κ1) is 11.9. The lowest BCUT2D eigenvalue weighted by molar-refractivity contribution is 0.370. The number of halogens is 1. The molecule has 1 aromatic heterocycles. The fraction of sp³-hybridized carbons (Fsp3) is 0.357. The van der Waals surface area contributed by atoms with Crippen LogP contribution in [0, 0.1) is 0 Å². The minimum Gasteiger partial charge on any atom is -0.327 e. The monoisotopic (exact) mass is 305 g/mol. The van der Waals surface area contributed by atoms with Gasteiger partial charge in [0.15, 0.2) is 0 Å². The summed E-state index contributed by atoms with van der Waals surface area (Å²) in [5.74, 6) is 0. The van der Waals surface area contributed by atoms with E-state index in [0.717, 1.165) is 17.6 Å². The van der Waals surface area contributed by atoms with Crippen LogP contribution in [0.5, 0.6) is 0 Å². The van der Waals surface area contributed by atoms with Gasteiger partial charge in [-0.3, -0.25) is 0 Å². The van der Waals surface area contributed by atoms with Crippen molar-refractivity contribution in [2.45, 2.75) is 18.9 Å². The van der Waals surface area contributed by atoms with E-state index in [-0.39, 0.29) is 0 Å². The maximum Gasteiger partial charge on any atom is 0.0953 e. The molecule has 1 N–H and O–H groups in total. The summed E-state index contributed by atoms with van der Waals surface area (Å²) in [6, 6.07) is 9.01. The summed E-state index contributed by atoms with van der Waals surface area (Å²) in [5, 5.41) is 3.40. The molecule has 1 saturated heterocycles. The lowest BCUT2D eigenvalue weighted by Crippen LogP contribution is -2.29. The summed E-state index contributed by atoms with van der Waals surface area (Å²) in [5.41, 5.74) is 2.45. The van der Waals surface area contributed by atoms with Gasteiger partial charge in [0, 0.05) is 10.5 Å². The zero-order valence-electron chi connectivity index (χ0n) is 10.1. The molecule has 1 aliphatic heterocycles. The predicted octanol–water partition coefficient (Wildman–Crippen LogP) is 3.24. The highest BCUT2D eigenvalue weighted by Gasteiger charge is 2.17. The molecule has 94 valence electrons. The van der Waals surface area contributed by atoms with E-state index in [9.17, 15) is 0 Å². The molecule has 0 spiro atoms. The molecule has 3 nitrogen and oxygen atoms in total. The maximum absolute atomic E-state index is 4.33. The van der Waals surface area contributed by atoms with Crippen LogP contribution in [0.25, 0.3) is 11.3 Å². The zero-order chi connectivity index (χ0) is 12.4. The molecule has 0 aliphatic carbocycles. The van der Waals surface area contributed by atoms with E-state index in [1.165, 1.54) is 24.1 Å². The molecule has 18 heavy (non-hydrogen) atoms. The quantitative estimate of drug-likeness (QED) is 0.923. The van der Waals surface area contributed by atoms with Crippen molar-refractivity contribution in [3.63, 3.8) is 0 Å². The second-order valence-corrected chi connectivity index (χ2v) is 5.59. The van der Waals surface area contributed by atoms with E-state index >= 15 is 0 Å². The molecule has 0 atom stereocenters. The molecule has 0 radical (unpaired) electrons. The highest BCUT2D eigenvalue weighted by atomic mass is 79.9. The van der Waals surface area contributed by atoms with Crippen LogP contribution < -0.4 is 5.32 Å². The van der Waals surface area contributed by atoms with Crippen molar-refractivity contribution in [3.8, 4) is 11.3 Å². The van der Waals surface area contributed by atoms with Crippen LogP contribution in [0.4, 0.5) is 0 Å². The maximum atomic E-state index is 4.33. The van der Waals surface area contributed by atoms with E-state index in [0.29, 0.717) is 6.04 Å². The molecule has 1 fully saturated rings. The fourth-order valence-corrected chi connectivity index (χ4v) is 2.79. The van der Waals surface area contributed by atoms with Crippen molar-refractivity contribution in [1.82, 2.24) is 14.9 Å². The van der Waals surface area contributed by atoms with Gasteiger partial charge in [-0.2, -0.15) is 0 Å². The number of nitrogens with one attached hydrogen (secondary N) is 1. The summed E-state index contributed by atoms with van der Waals surface area (Å²) in [6.45, 7) is 2.20. The van der Waals surface area contributed by atoms with Gasteiger partial charge in [-0.1, -0.05) is 28.1 Å². The third-order valence-electron chi connectivity index (χ3n) is 3.51. The number of benzene rings is 1. The molecular formula is C14H16BrN3. The van der Waals surface area contributed by atoms with Crippen LogP contribution in [0.1, 0.15) is 18.9 Å². The molecule has 3 rings (SSSR count). The molecule has 0 bridgehead atoms. The number of piperidine rings is 1. The molecule has 1 aromatic carbocycles. The average Bonchev–Trinajstić information content (AvgIpc) is 2.90. The molecule has 0 unspecified atom stereocenters. The molecule has 0 saturated carbocycles. The number of imidazole rings is 1. The van der Waals surface area contributed by atoms with Crippen molar-refractivity contribution < 1.29 is 0 Å². The highest BCUT2D eigenvalue weighted by molar-refractivity contribution is 9.10. The number of aromatic nitrogens is 2. The Balaban J connectivity index is 1.93. The lowest BCUT2D eigenvalue weighted by atomic mass is 10.1. The normalized spacial score (nSPS) is 16.9. The molecule has 0 amide bonds. The minimum absolute atomic E-state index is 0.576. The van der Waals surface area contributed by atoms with E-state index < -0.39 is 0 Å². The van der Waals surface area contributed by atoms with Gasteiger partial charge in [-0.25, -0.2) is 4.98 Å². The van der Waals surface area contributed by atoms with Gasteiger partial charge in [0.1, 0.15) is 0 Å². The van der Waals surface area contributed by atoms with Crippen LogP contribution in [0.2, 0.25) is 0 Å². The Morgan fingerprint density at radius 1 is 1.17 bits per heavy atom. The van der Waals surface area contributed by atoms with Crippen molar-refractivity contribution in [2.24, 2.45) is 0 Å². The van der Waals surface area contributed by atoms with Crippen LogP contribution in [0.3, 0.4) is 0 Å². The number of nitrogens with zero attached hydrogens (tertiary/aromatic N) is 2. The second kappa shape index (κ2) is 5.24. The largest absolute Gasteiger partial charge is 0.327 e. The number of hydrogen-bond donors (Lipinski definition) is 1. The van der Waals surface area contributed by atoms with Gasteiger partial charge in [0.05, 0.1) is 18.2 Å². The van der Waals surface area contributed by atoms with Crippen molar-refractivity contribution in [1.29, 1.82) is 0 Å². The minimum atomic E-state index is 0.576. The Morgan fingerprint density at radius 3 is 2.61 bits per heavy atom. The molecule has 2 aromatic rings. The van der Waals surface area contributed by atoms with Gasteiger partial charge in [0.25, 0.3) is 0 Å². The van der Waals surface area contributed by atoms with E-state index in [1.807, 2.05) is 12.5 Å². The standard InChI is InChI=1S/C14H16BrN3/c15-12-3-1-11(2-4-12)14-9-17-10-18(14)13-5-7-16-8-6-13/h1-4,9-10,13,16H,5-8H2. The predicted molar refractivity (Wildman–Crippen MR) is 76.5 cm³/mol. The van der Waals surface area contributed by atoms with Gasteiger partial charge in [-0.15, -0.1) is 0 Å². The molecule has 1 aliphatic rings. The summed E-state index contributed by atoms with van der Waals surface area (Å²) in [7, 11) is 0. The smallest absolute Gasteiger partial charge is 0.0953 e. The molecule has 4 heteroatoms. The Morgan fingerprint density at radius 2 is 1.89 bits per heavy atom. The lowest BCUT2D eigenvalue weighted by Gasteiger charge is -2.25. The van der Waals surface area contributed by atoms with Crippen LogP contribution in [-0.4, -0.2) is 22.6 Å². The molecule has 2 heterocycles. The van der Waals surface area contributed by atoms with Gasteiger partial charge < -0.3 is 9.88 Å². The Kier molecular flexibility index (Phi) is 3.48. The summed E-state index contributed by atoms with van der Waals surface area (Å²) >= 11 is 3.47. The number of hydrogen-bond acceptors (Lipinski definition) is 2. The van der Waals surface area contributed by atoms with E-state index in [2.05, 4.69) is 55.1 Å². The summed E-state index contributed by atoms with van der Waals surface area (Å²) < 4.78 is 3.43. The van der Waals surface area contributed by atoms with Gasteiger partial charge in [0.2, 0.25) is 0 Å². The highest BCUT2D eigenvalue weighted by Crippen LogP contribution is 2.27. The van der Waals surface area contributed by atoms with Crippen LogP contribution in [0.15, 0.2) is 41.3 Å². The first-order chi connectivity index (χ1) is 8.84. The first-order valence-corrected chi connectivity index (χ1v) is 7.12. The Labute approximate surface area is 115 Å².